The maximum absolute atomic E-state index is 5.43. The molecule has 16 heavy (non-hydrogen) atoms. The van der Waals surface area contributed by atoms with Crippen LogP contribution in [0.4, 0.5) is 0 Å². The number of methoxy groups -OCH3 is 1. The van der Waals surface area contributed by atoms with E-state index in [0.29, 0.717) is 19.9 Å². The highest BCUT2D eigenvalue weighted by molar-refractivity contribution is 9.10. The molecule has 4 nitrogen and oxygen atoms in total. The van der Waals surface area contributed by atoms with E-state index in [9.17, 15) is 0 Å². The molecule has 1 aromatic carbocycles. The van der Waals surface area contributed by atoms with Crippen molar-refractivity contribution in [2.24, 2.45) is 0 Å². The first-order valence-corrected chi connectivity index (χ1v) is 5.78. The monoisotopic (exact) mass is 284 g/mol. The summed E-state index contributed by atoms with van der Waals surface area (Å²) < 4.78 is 13.2. The average Bonchev–Trinajstić information content (AvgIpc) is 2.67. The van der Waals surface area contributed by atoms with E-state index in [-0.39, 0.29) is 0 Å². The van der Waals surface area contributed by atoms with Crippen molar-refractivity contribution in [1.82, 2.24) is 9.78 Å². The van der Waals surface area contributed by atoms with Crippen LogP contribution in [0.15, 0.2) is 28.9 Å². The molecule has 0 N–H and O–H groups in total. The van der Waals surface area contributed by atoms with Crippen LogP contribution in [0, 0.1) is 0 Å². The Morgan fingerprint density at radius 3 is 3.06 bits per heavy atom. The van der Waals surface area contributed by atoms with E-state index < -0.39 is 0 Å². The van der Waals surface area contributed by atoms with Gasteiger partial charge in [-0.05, 0) is 12.1 Å². The number of halogens is 1. The van der Waals surface area contributed by atoms with E-state index in [4.69, 9.17) is 9.47 Å². The zero-order valence-corrected chi connectivity index (χ0v) is 10.6. The van der Waals surface area contributed by atoms with Gasteiger partial charge >= 0.3 is 0 Å². The Balaban J connectivity index is 2.09. The third-order valence-electron chi connectivity index (χ3n) is 2.25. The number of hydrogen-bond donors (Lipinski definition) is 0. The second kappa shape index (κ2) is 5.43. The summed E-state index contributed by atoms with van der Waals surface area (Å²) in [6.45, 7) is 1.62. The van der Waals surface area contributed by atoms with Gasteiger partial charge in [0.25, 0.3) is 0 Å². The summed E-state index contributed by atoms with van der Waals surface area (Å²) in [6, 6.07) is 6.06. The van der Waals surface area contributed by atoms with Crippen LogP contribution in [0.2, 0.25) is 0 Å². The highest BCUT2D eigenvalue weighted by Crippen LogP contribution is 2.19. The van der Waals surface area contributed by atoms with Crippen LogP contribution >= 0.6 is 15.9 Å². The SMILES string of the molecule is COCCOCn1ncc2ccc(Br)cc21. The fourth-order valence-corrected chi connectivity index (χ4v) is 1.79. The Morgan fingerprint density at radius 2 is 2.25 bits per heavy atom. The number of nitrogens with zero attached hydrogens (tertiary/aromatic N) is 2. The quantitative estimate of drug-likeness (QED) is 0.792. The number of rotatable bonds is 5. The van der Waals surface area contributed by atoms with Gasteiger partial charge in [0, 0.05) is 17.0 Å². The predicted octanol–water partition coefficient (Wildman–Crippen LogP) is 2.42. The van der Waals surface area contributed by atoms with Gasteiger partial charge in [-0.2, -0.15) is 5.10 Å². The van der Waals surface area contributed by atoms with Gasteiger partial charge in [0.2, 0.25) is 0 Å². The molecule has 1 aromatic heterocycles. The Kier molecular flexibility index (Phi) is 3.93. The summed E-state index contributed by atoms with van der Waals surface area (Å²) in [4.78, 5) is 0. The van der Waals surface area contributed by atoms with Gasteiger partial charge in [-0.15, -0.1) is 0 Å². The third-order valence-corrected chi connectivity index (χ3v) is 2.75. The minimum atomic E-state index is 0.448. The van der Waals surface area contributed by atoms with Crippen molar-refractivity contribution in [1.29, 1.82) is 0 Å². The van der Waals surface area contributed by atoms with Crippen LogP contribution in [0.1, 0.15) is 0 Å². The smallest absolute Gasteiger partial charge is 0.140 e. The predicted molar refractivity (Wildman–Crippen MR) is 65.3 cm³/mol. The molecule has 0 aliphatic carbocycles. The number of benzene rings is 1. The van der Waals surface area contributed by atoms with Gasteiger partial charge in [-0.3, -0.25) is 0 Å². The first-order chi connectivity index (χ1) is 7.81. The van der Waals surface area contributed by atoms with Gasteiger partial charge < -0.3 is 9.47 Å². The topological polar surface area (TPSA) is 36.3 Å². The molecule has 0 unspecified atom stereocenters. The molecule has 0 radical (unpaired) electrons. The first kappa shape index (κ1) is 11.6. The van der Waals surface area contributed by atoms with Crippen molar-refractivity contribution >= 4 is 26.8 Å². The molecule has 2 aromatic rings. The van der Waals surface area contributed by atoms with E-state index >= 15 is 0 Å². The maximum Gasteiger partial charge on any atom is 0.140 e. The van der Waals surface area contributed by atoms with Gasteiger partial charge in [-0.25, -0.2) is 4.68 Å². The maximum atomic E-state index is 5.43. The van der Waals surface area contributed by atoms with Crippen LogP contribution in [-0.4, -0.2) is 30.1 Å². The lowest BCUT2D eigenvalue weighted by Gasteiger charge is -2.05. The fraction of sp³-hybridized carbons (Fsp3) is 0.364. The van der Waals surface area contributed by atoms with Gasteiger partial charge in [0.1, 0.15) is 6.73 Å². The molecule has 2 rings (SSSR count). The van der Waals surface area contributed by atoms with Crippen molar-refractivity contribution in [2.45, 2.75) is 6.73 Å². The molecule has 0 fully saturated rings. The van der Waals surface area contributed by atoms with Crippen molar-refractivity contribution < 1.29 is 9.47 Å². The molecule has 86 valence electrons. The lowest BCUT2D eigenvalue weighted by molar-refractivity contribution is 0.0308. The van der Waals surface area contributed by atoms with Crippen molar-refractivity contribution in [3.05, 3.63) is 28.9 Å². The lowest BCUT2D eigenvalue weighted by Crippen LogP contribution is -2.08. The van der Waals surface area contributed by atoms with E-state index in [2.05, 4.69) is 21.0 Å². The minimum Gasteiger partial charge on any atom is -0.382 e. The molecule has 0 aliphatic heterocycles. The summed E-state index contributed by atoms with van der Waals surface area (Å²) >= 11 is 3.44. The second-order valence-corrected chi connectivity index (χ2v) is 4.29. The number of ether oxygens (including phenoxy) is 2. The summed E-state index contributed by atoms with van der Waals surface area (Å²) in [5, 5.41) is 5.37. The summed E-state index contributed by atoms with van der Waals surface area (Å²) in [5.41, 5.74) is 1.06. The van der Waals surface area contributed by atoms with Crippen LogP contribution in [0.25, 0.3) is 10.9 Å². The highest BCUT2D eigenvalue weighted by atomic mass is 79.9. The molecule has 5 heteroatoms. The zero-order chi connectivity index (χ0) is 11.4. The number of aromatic nitrogens is 2. The summed E-state index contributed by atoms with van der Waals surface area (Å²) in [6.07, 6.45) is 1.83. The van der Waals surface area contributed by atoms with Gasteiger partial charge in [0.05, 0.1) is 24.9 Å². The Bertz CT molecular complexity index is 470. The molecule has 0 saturated heterocycles. The molecule has 0 saturated carbocycles. The lowest BCUT2D eigenvalue weighted by atomic mass is 10.3. The van der Waals surface area contributed by atoms with Crippen LogP contribution in [0.5, 0.6) is 0 Å². The molecule has 0 spiro atoms. The fourth-order valence-electron chi connectivity index (χ4n) is 1.44. The third kappa shape index (κ3) is 2.61. The summed E-state index contributed by atoms with van der Waals surface area (Å²) in [5.74, 6) is 0. The Labute approximate surface area is 102 Å². The van der Waals surface area contributed by atoms with Crippen LogP contribution in [0.3, 0.4) is 0 Å². The summed E-state index contributed by atoms with van der Waals surface area (Å²) in [7, 11) is 1.66. The van der Waals surface area contributed by atoms with E-state index in [1.807, 2.05) is 29.1 Å². The molecule has 0 bridgehead atoms. The zero-order valence-electron chi connectivity index (χ0n) is 9.02. The molecule has 0 amide bonds. The highest BCUT2D eigenvalue weighted by Gasteiger charge is 2.02. The molecular formula is C11H13BrN2O2. The van der Waals surface area contributed by atoms with Crippen molar-refractivity contribution in [2.75, 3.05) is 20.3 Å². The van der Waals surface area contributed by atoms with Crippen LogP contribution in [-0.2, 0) is 16.2 Å². The second-order valence-electron chi connectivity index (χ2n) is 3.38. The Morgan fingerprint density at radius 1 is 1.38 bits per heavy atom. The molecule has 1 heterocycles. The van der Waals surface area contributed by atoms with Crippen LogP contribution < -0.4 is 0 Å². The largest absolute Gasteiger partial charge is 0.382 e. The van der Waals surface area contributed by atoms with Gasteiger partial charge in [0.15, 0.2) is 0 Å². The Hall–Kier alpha value is -0.910. The van der Waals surface area contributed by atoms with Crippen molar-refractivity contribution in [3.8, 4) is 0 Å². The molecule has 0 atom stereocenters. The normalized spacial score (nSPS) is 11.1. The standard InChI is InChI=1S/C11H13BrN2O2/c1-15-4-5-16-8-14-11-6-10(12)3-2-9(11)7-13-14/h2-3,6-7H,4-5,8H2,1H3. The minimum absolute atomic E-state index is 0.448. The van der Waals surface area contributed by atoms with E-state index in [1.54, 1.807) is 7.11 Å². The molecule has 0 aliphatic rings. The van der Waals surface area contributed by atoms with E-state index in [0.717, 1.165) is 15.4 Å². The van der Waals surface area contributed by atoms with E-state index in [1.165, 1.54) is 0 Å². The van der Waals surface area contributed by atoms with Crippen molar-refractivity contribution in [3.63, 3.8) is 0 Å². The first-order valence-electron chi connectivity index (χ1n) is 4.99. The van der Waals surface area contributed by atoms with Gasteiger partial charge in [-0.1, -0.05) is 22.0 Å². The number of hydrogen-bond acceptors (Lipinski definition) is 3. The number of fused-ring (bicyclic) bond motifs is 1. The average molecular weight is 285 g/mol. The molecular weight excluding hydrogens is 272 g/mol.